The molecule has 0 amide bonds. The van der Waals surface area contributed by atoms with Crippen LogP contribution in [0, 0.1) is 6.92 Å². The molecule has 1 aromatic rings. The summed E-state index contributed by atoms with van der Waals surface area (Å²) in [6.45, 7) is 8.81. The largest absolute Gasteiger partial charge is 0.279 e. The standard InChI is InChI=1S/C14H24N2O2S/c1-11-9-13(14(2,3)4)8-7-12(11)10-15-19(17,18)16(5)6/h7-9,15H,10H2,1-6H3. The molecule has 0 fully saturated rings. The van der Waals surface area contributed by atoms with Gasteiger partial charge in [-0.15, -0.1) is 0 Å². The molecule has 0 saturated carbocycles. The van der Waals surface area contributed by atoms with E-state index in [0.29, 0.717) is 6.54 Å². The third-order valence-corrected chi connectivity index (χ3v) is 4.60. The van der Waals surface area contributed by atoms with Gasteiger partial charge in [0, 0.05) is 20.6 Å². The second kappa shape index (κ2) is 5.61. The number of nitrogens with one attached hydrogen (secondary N) is 1. The molecule has 0 atom stereocenters. The van der Waals surface area contributed by atoms with Crippen molar-refractivity contribution in [3.63, 3.8) is 0 Å². The van der Waals surface area contributed by atoms with Crippen LogP contribution in [0.15, 0.2) is 18.2 Å². The van der Waals surface area contributed by atoms with Crippen LogP contribution < -0.4 is 4.72 Å². The lowest BCUT2D eigenvalue weighted by Crippen LogP contribution is -2.35. The van der Waals surface area contributed by atoms with Crippen LogP contribution >= 0.6 is 0 Å². The first-order chi connectivity index (χ1) is 8.54. The summed E-state index contributed by atoms with van der Waals surface area (Å²) in [4.78, 5) is 0. The lowest BCUT2D eigenvalue weighted by molar-refractivity contribution is 0.505. The third kappa shape index (κ3) is 4.30. The second-order valence-corrected chi connectivity index (χ2v) is 7.97. The molecule has 0 spiro atoms. The van der Waals surface area contributed by atoms with E-state index in [-0.39, 0.29) is 5.41 Å². The first kappa shape index (κ1) is 16.1. The van der Waals surface area contributed by atoms with Gasteiger partial charge in [0.05, 0.1) is 0 Å². The van der Waals surface area contributed by atoms with E-state index >= 15 is 0 Å². The zero-order valence-corrected chi connectivity index (χ0v) is 13.4. The van der Waals surface area contributed by atoms with Crippen molar-refractivity contribution in [2.45, 2.75) is 39.7 Å². The smallest absolute Gasteiger partial charge is 0.198 e. The molecule has 0 aliphatic rings. The van der Waals surface area contributed by atoms with Gasteiger partial charge < -0.3 is 0 Å². The molecule has 0 aliphatic heterocycles. The average Bonchev–Trinajstić information content (AvgIpc) is 2.25. The van der Waals surface area contributed by atoms with Gasteiger partial charge in [-0.05, 0) is 29.0 Å². The van der Waals surface area contributed by atoms with E-state index in [1.54, 1.807) is 0 Å². The van der Waals surface area contributed by atoms with Crippen molar-refractivity contribution in [3.05, 3.63) is 34.9 Å². The molecule has 0 radical (unpaired) electrons. The average molecular weight is 284 g/mol. The number of benzene rings is 1. The zero-order valence-electron chi connectivity index (χ0n) is 12.6. The molecule has 1 rings (SSSR count). The zero-order chi connectivity index (χ0) is 14.8. The Morgan fingerprint density at radius 3 is 2.21 bits per heavy atom. The van der Waals surface area contributed by atoms with Crippen molar-refractivity contribution in [3.8, 4) is 0 Å². The van der Waals surface area contributed by atoms with Crippen LogP contribution in [-0.2, 0) is 22.2 Å². The van der Waals surface area contributed by atoms with E-state index in [4.69, 9.17) is 0 Å². The number of nitrogens with zero attached hydrogens (tertiary/aromatic N) is 1. The van der Waals surface area contributed by atoms with E-state index in [1.165, 1.54) is 24.0 Å². The van der Waals surface area contributed by atoms with Crippen LogP contribution in [-0.4, -0.2) is 26.8 Å². The fraction of sp³-hybridized carbons (Fsp3) is 0.571. The molecule has 0 unspecified atom stereocenters. The number of rotatable bonds is 4. The van der Waals surface area contributed by atoms with E-state index < -0.39 is 10.2 Å². The summed E-state index contributed by atoms with van der Waals surface area (Å²) in [6, 6.07) is 6.18. The van der Waals surface area contributed by atoms with Gasteiger partial charge >= 0.3 is 0 Å². The summed E-state index contributed by atoms with van der Waals surface area (Å²) >= 11 is 0. The highest BCUT2D eigenvalue weighted by molar-refractivity contribution is 7.87. The van der Waals surface area contributed by atoms with Crippen molar-refractivity contribution >= 4 is 10.2 Å². The van der Waals surface area contributed by atoms with Crippen LogP contribution in [0.2, 0.25) is 0 Å². The van der Waals surface area contributed by atoms with Crippen molar-refractivity contribution in [2.75, 3.05) is 14.1 Å². The highest BCUT2D eigenvalue weighted by Crippen LogP contribution is 2.24. The first-order valence-corrected chi connectivity index (χ1v) is 7.75. The highest BCUT2D eigenvalue weighted by atomic mass is 32.2. The molecule has 5 heteroatoms. The van der Waals surface area contributed by atoms with Gasteiger partial charge in [-0.25, -0.2) is 0 Å². The van der Waals surface area contributed by atoms with Crippen LogP contribution in [0.5, 0.6) is 0 Å². The van der Waals surface area contributed by atoms with Crippen molar-refractivity contribution in [2.24, 2.45) is 0 Å². The van der Waals surface area contributed by atoms with Crippen molar-refractivity contribution < 1.29 is 8.42 Å². The Bertz CT molecular complexity index is 543. The van der Waals surface area contributed by atoms with Crippen molar-refractivity contribution in [1.29, 1.82) is 0 Å². The van der Waals surface area contributed by atoms with Gasteiger partial charge in [0.1, 0.15) is 0 Å². The lowest BCUT2D eigenvalue weighted by atomic mass is 9.85. The number of aryl methyl sites for hydroxylation is 1. The summed E-state index contributed by atoms with van der Waals surface area (Å²) < 4.78 is 27.1. The Morgan fingerprint density at radius 2 is 1.79 bits per heavy atom. The minimum Gasteiger partial charge on any atom is -0.198 e. The lowest BCUT2D eigenvalue weighted by Gasteiger charge is -2.21. The van der Waals surface area contributed by atoms with E-state index in [2.05, 4.69) is 37.6 Å². The van der Waals surface area contributed by atoms with Crippen LogP contribution in [0.1, 0.15) is 37.5 Å². The van der Waals surface area contributed by atoms with Gasteiger partial charge in [0.2, 0.25) is 0 Å². The maximum atomic E-state index is 11.7. The molecule has 1 N–H and O–H groups in total. The Labute approximate surface area is 117 Å². The maximum absolute atomic E-state index is 11.7. The predicted molar refractivity (Wildman–Crippen MR) is 79.3 cm³/mol. The maximum Gasteiger partial charge on any atom is 0.279 e. The molecular formula is C14H24N2O2S. The molecule has 0 heterocycles. The Kier molecular flexibility index (Phi) is 4.76. The molecule has 0 saturated heterocycles. The molecule has 1 aromatic carbocycles. The van der Waals surface area contributed by atoms with Crippen LogP contribution in [0.3, 0.4) is 0 Å². The minimum absolute atomic E-state index is 0.104. The quantitative estimate of drug-likeness (QED) is 0.921. The third-order valence-electron chi connectivity index (χ3n) is 3.13. The van der Waals surface area contributed by atoms with Gasteiger partial charge in [0.15, 0.2) is 0 Å². The first-order valence-electron chi connectivity index (χ1n) is 6.31. The van der Waals surface area contributed by atoms with Crippen LogP contribution in [0.25, 0.3) is 0 Å². The monoisotopic (exact) mass is 284 g/mol. The van der Waals surface area contributed by atoms with Crippen LogP contribution in [0.4, 0.5) is 0 Å². The fourth-order valence-electron chi connectivity index (χ4n) is 1.66. The van der Waals surface area contributed by atoms with Gasteiger partial charge in [-0.2, -0.15) is 17.4 Å². The van der Waals surface area contributed by atoms with E-state index in [9.17, 15) is 8.42 Å². The van der Waals surface area contributed by atoms with Gasteiger partial charge in [0.25, 0.3) is 10.2 Å². The topological polar surface area (TPSA) is 49.4 Å². The Morgan fingerprint density at radius 1 is 1.21 bits per heavy atom. The molecule has 4 nitrogen and oxygen atoms in total. The fourth-order valence-corrected chi connectivity index (χ4v) is 2.25. The Balaban J connectivity index is 2.88. The Hall–Kier alpha value is -0.910. The molecule has 19 heavy (non-hydrogen) atoms. The van der Waals surface area contributed by atoms with Gasteiger partial charge in [-0.3, -0.25) is 0 Å². The summed E-state index contributed by atoms with van der Waals surface area (Å²) in [6.07, 6.45) is 0. The van der Waals surface area contributed by atoms with Gasteiger partial charge in [-0.1, -0.05) is 39.0 Å². The molecule has 108 valence electrons. The molecule has 0 bridgehead atoms. The molecule has 0 aromatic heterocycles. The summed E-state index contributed by atoms with van der Waals surface area (Å²) in [7, 11) is -0.345. The number of hydrogen-bond acceptors (Lipinski definition) is 2. The second-order valence-electron chi connectivity index (χ2n) is 6.00. The highest BCUT2D eigenvalue weighted by Gasteiger charge is 2.16. The van der Waals surface area contributed by atoms with E-state index in [1.807, 2.05) is 13.0 Å². The SMILES string of the molecule is Cc1cc(C(C)(C)C)ccc1CNS(=O)(=O)N(C)C. The summed E-state index contributed by atoms with van der Waals surface area (Å²) in [5, 5.41) is 0. The van der Waals surface area contributed by atoms with Crippen molar-refractivity contribution in [1.82, 2.24) is 9.03 Å². The predicted octanol–water partition coefficient (Wildman–Crippen LogP) is 2.19. The summed E-state index contributed by atoms with van der Waals surface area (Å²) in [5.74, 6) is 0. The normalized spacial score (nSPS) is 13.0. The molecule has 0 aliphatic carbocycles. The minimum atomic E-state index is -3.37. The summed E-state index contributed by atoms with van der Waals surface area (Å²) in [5.41, 5.74) is 3.46. The van der Waals surface area contributed by atoms with E-state index in [0.717, 1.165) is 11.1 Å². The number of hydrogen-bond donors (Lipinski definition) is 1. The molecular weight excluding hydrogens is 260 g/mol.